The van der Waals surface area contributed by atoms with Crippen LogP contribution in [0, 0.1) is 11.8 Å². The van der Waals surface area contributed by atoms with Gasteiger partial charge in [-0.1, -0.05) is 103 Å². The number of nitrogens with one attached hydrogen (secondary N) is 4. The summed E-state index contributed by atoms with van der Waals surface area (Å²) in [4.78, 5) is 145. The molecule has 3 saturated heterocycles. The van der Waals surface area contributed by atoms with Crippen LogP contribution < -0.4 is 27.0 Å². The molecule has 5 aromatic rings. The summed E-state index contributed by atoms with van der Waals surface area (Å²) in [6, 6.07) is 24.5. The zero-order chi connectivity index (χ0) is 59.9. The standard InChI is InChI=1S/C61H63F2N8O12P/c62-61(63,84(81,82)83)43-24-23-37-21-22-41(33-42(37)34-43)55(75)66-48-36-69(53(74)20-11-3-1-2-6-13-38-18-12-19-45-46(38)35-70(59(45)79)49-28-30-52(73)67-57(49)77)32-31-44-25-27-50(71(44)60(48)80)58(78)65-47(26-29-51(64)72)56(76)68-54(39-14-7-4-8-15-39)40-16-9-5-10-17-40/h4-5,7-10,12,14-19,21-24,33-34,44,47-50,54H,1-3,11,20,25-32,35-36H2,(H2,64,72)(H,65,78)(H,66,75)(H,68,76)(H,67,73,77)(H2,81,82,83)/t44-,47+,48+,49?,50+/m1/s1. The van der Waals surface area contributed by atoms with Crippen LogP contribution in [0.5, 0.6) is 0 Å². The van der Waals surface area contributed by atoms with Gasteiger partial charge in [-0.3, -0.25) is 53.0 Å². The lowest BCUT2D eigenvalue weighted by Gasteiger charge is -2.39. The molecule has 5 atom stereocenters. The number of nitrogens with zero attached hydrogens (tertiary/aromatic N) is 3. The summed E-state index contributed by atoms with van der Waals surface area (Å²) in [5.74, 6) is 1.20. The van der Waals surface area contributed by atoms with Crippen molar-refractivity contribution in [3.8, 4) is 11.8 Å². The molecule has 0 radical (unpaired) electrons. The van der Waals surface area contributed by atoms with Crippen molar-refractivity contribution in [3.63, 3.8) is 0 Å². The van der Waals surface area contributed by atoms with Crippen molar-refractivity contribution in [2.24, 2.45) is 5.73 Å². The van der Waals surface area contributed by atoms with Crippen LogP contribution in [-0.2, 0) is 50.3 Å². The molecule has 4 aliphatic heterocycles. The number of benzene rings is 5. The maximum Gasteiger partial charge on any atom is 0.399 e. The summed E-state index contributed by atoms with van der Waals surface area (Å²) in [6.45, 7) is -0.0204. The number of fused-ring (bicyclic) bond motifs is 3. The van der Waals surface area contributed by atoms with Gasteiger partial charge < -0.3 is 46.2 Å². The van der Waals surface area contributed by atoms with Gasteiger partial charge in [-0.15, -0.1) is 0 Å². The van der Waals surface area contributed by atoms with Crippen LogP contribution in [0.3, 0.4) is 0 Å². The Labute approximate surface area is 482 Å². The van der Waals surface area contributed by atoms with Gasteiger partial charge in [-0.2, -0.15) is 8.78 Å². The van der Waals surface area contributed by atoms with Gasteiger partial charge in [0.1, 0.15) is 24.2 Å². The molecular formula is C61H63F2N8O12P. The van der Waals surface area contributed by atoms with Crippen molar-refractivity contribution >= 4 is 71.5 Å². The molecule has 4 heterocycles. The summed E-state index contributed by atoms with van der Waals surface area (Å²) in [5, 5.41) is 11.2. The highest BCUT2D eigenvalue weighted by Crippen LogP contribution is 2.59. The smallest absolute Gasteiger partial charge is 0.370 e. The zero-order valence-electron chi connectivity index (χ0n) is 45.6. The van der Waals surface area contributed by atoms with E-state index in [0.29, 0.717) is 54.2 Å². The minimum absolute atomic E-state index is 0.0311. The van der Waals surface area contributed by atoms with E-state index in [1.807, 2.05) is 60.7 Å². The molecule has 1 unspecified atom stereocenters. The van der Waals surface area contributed by atoms with Crippen LogP contribution in [0.2, 0.25) is 0 Å². The molecule has 0 spiro atoms. The molecule has 5 aromatic carbocycles. The van der Waals surface area contributed by atoms with Gasteiger partial charge in [-0.05, 0) is 103 Å². The second kappa shape index (κ2) is 25.9. The topological polar surface area (TPSA) is 295 Å². The van der Waals surface area contributed by atoms with E-state index in [4.69, 9.17) is 5.73 Å². The third-order valence-corrected chi connectivity index (χ3v) is 16.8. The first-order valence-electron chi connectivity index (χ1n) is 27.8. The summed E-state index contributed by atoms with van der Waals surface area (Å²) < 4.78 is 41.4. The number of unbranched alkanes of at least 4 members (excludes halogenated alkanes) is 3. The minimum Gasteiger partial charge on any atom is -0.370 e. The fourth-order valence-corrected chi connectivity index (χ4v) is 11.8. The highest BCUT2D eigenvalue weighted by molar-refractivity contribution is 7.52. The van der Waals surface area contributed by atoms with Gasteiger partial charge in [0, 0.05) is 73.6 Å². The lowest BCUT2D eigenvalue weighted by molar-refractivity contribution is -0.145. The van der Waals surface area contributed by atoms with Gasteiger partial charge in [0.25, 0.3) is 11.8 Å². The van der Waals surface area contributed by atoms with Gasteiger partial charge >= 0.3 is 13.3 Å². The fourth-order valence-electron chi connectivity index (χ4n) is 11.4. The van der Waals surface area contributed by atoms with Crippen molar-refractivity contribution in [1.82, 2.24) is 36.0 Å². The Hall–Kier alpha value is -8.64. The lowest BCUT2D eigenvalue weighted by atomic mass is 9.98. The highest BCUT2D eigenvalue weighted by Gasteiger charge is 2.51. The molecule has 9 rings (SSSR count). The quantitative estimate of drug-likeness (QED) is 0.0244. The van der Waals surface area contributed by atoms with E-state index in [9.17, 15) is 61.5 Å². The maximum atomic E-state index is 15.1. The Morgan fingerprint density at radius 1 is 0.798 bits per heavy atom. The number of primary amides is 1. The third-order valence-electron chi connectivity index (χ3n) is 15.8. The van der Waals surface area contributed by atoms with Crippen LogP contribution in [0.1, 0.15) is 132 Å². The number of rotatable bonds is 19. The van der Waals surface area contributed by atoms with Crippen LogP contribution in [0.4, 0.5) is 8.78 Å². The van der Waals surface area contributed by atoms with Gasteiger partial charge in [0.2, 0.25) is 41.4 Å². The Kier molecular flexibility index (Phi) is 18.5. The van der Waals surface area contributed by atoms with E-state index in [0.717, 1.165) is 23.3 Å². The summed E-state index contributed by atoms with van der Waals surface area (Å²) in [6.07, 6.45) is 2.81. The van der Waals surface area contributed by atoms with Crippen LogP contribution in [0.25, 0.3) is 10.8 Å². The molecule has 0 aliphatic carbocycles. The molecule has 3 fully saturated rings. The van der Waals surface area contributed by atoms with E-state index >= 15 is 4.79 Å². The second-order valence-corrected chi connectivity index (χ2v) is 23.1. The van der Waals surface area contributed by atoms with Gasteiger partial charge in [0.15, 0.2) is 0 Å². The average Bonchev–Trinajstić information content (AvgIpc) is 2.63. The maximum absolute atomic E-state index is 15.1. The van der Waals surface area contributed by atoms with E-state index < -0.39 is 90.5 Å². The van der Waals surface area contributed by atoms with E-state index in [2.05, 4.69) is 33.1 Å². The molecule has 0 bridgehead atoms. The fraction of sp³-hybridized carbons (Fsp3) is 0.361. The number of alkyl halides is 2. The summed E-state index contributed by atoms with van der Waals surface area (Å²) in [7, 11) is -5.94. The number of nitrogens with two attached hydrogens (primary N) is 1. The average molecular weight is 1170 g/mol. The Balaban J connectivity index is 0.896. The Bertz CT molecular complexity index is 3480. The molecule has 84 heavy (non-hydrogen) atoms. The van der Waals surface area contributed by atoms with Crippen molar-refractivity contribution in [3.05, 3.63) is 154 Å². The van der Waals surface area contributed by atoms with Crippen molar-refractivity contribution in [1.29, 1.82) is 0 Å². The number of imide groups is 1. The molecule has 0 saturated carbocycles. The summed E-state index contributed by atoms with van der Waals surface area (Å²) >= 11 is 0. The Morgan fingerprint density at radius 3 is 2.20 bits per heavy atom. The van der Waals surface area contributed by atoms with E-state index in [-0.39, 0.29) is 93.3 Å². The van der Waals surface area contributed by atoms with E-state index in [1.165, 1.54) is 39.0 Å². The molecular weight excluding hydrogens is 1110 g/mol. The molecule has 9 amide bonds. The lowest BCUT2D eigenvalue weighted by Crippen LogP contribution is -2.62. The van der Waals surface area contributed by atoms with Crippen LogP contribution in [-0.4, -0.2) is 121 Å². The van der Waals surface area contributed by atoms with E-state index in [1.54, 1.807) is 18.2 Å². The number of piperidine rings is 1. The first kappa shape index (κ1) is 60.0. The number of hydrogen-bond donors (Lipinski definition) is 7. The normalized spacial score (nSPS) is 19.3. The predicted octanol–water partition coefficient (Wildman–Crippen LogP) is 5.18. The molecule has 8 N–H and O–H groups in total. The highest BCUT2D eigenvalue weighted by atomic mass is 31.2. The Morgan fingerprint density at radius 2 is 1.51 bits per heavy atom. The number of carbonyl (C=O) groups excluding carboxylic acids is 9. The number of carbonyl (C=O) groups is 9. The summed E-state index contributed by atoms with van der Waals surface area (Å²) in [5.41, 5.74) is 3.18. The van der Waals surface area contributed by atoms with Crippen molar-refractivity contribution < 1.29 is 66.3 Å². The number of halogens is 2. The SMILES string of the molecule is NC(=O)CC[C@H](NC(=O)[C@@H]1CC[C@@H]2CCN(C(=O)CCCCCC#Cc3cccc4c3CN(C3CCC(=O)NC3=O)C4=O)C[C@H](NC(=O)c3ccc4ccc(C(F)(F)P(=O)(O)O)cc4c3)C(=O)N21)C(=O)NC(c1ccccc1)c1ccccc1. The number of amides is 9. The second-order valence-electron chi connectivity index (χ2n) is 21.4. The van der Waals surface area contributed by atoms with Crippen molar-refractivity contribution in [2.45, 2.75) is 126 Å². The predicted molar refractivity (Wildman–Crippen MR) is 302 cm³/mol. The monoisotopic (exact) mass is 1170 g/mol. The van der Waals surface area contributed by atoms with Crippen molar-refractivity contribution in [2.75, 3.05) is 13.1 Å². The molecule has 0 aromatic heterocycles. The van der Waals surface area contributed by atoms with Gasteiger partial charge in [-0.25, -0.2) is 0 Å². The largest absolute Gasteiger partial charge is 0.399 e. The number of hydrogen-bond acceptors (Lipinski definition) is 10. The van der Waals surface area contributed by atoms with Crippen LogP contribution in [0.15, 0.2) is 115 Å². The molecule has 438 valence electrons. The minimum atomic E-state index is -5.94. The molecule has 23 heteroatoms. The first-order valence-corrected chi connectivity index (χ1v) is 29.4. The van der Waals surface area contributed by atoms with Crippen LogP contribution >= 0.6 is 7.60 Å². The molecule has 20 nitrogen and oxygen atoms in total. The molecule has 4 aliphatic rings. The van der Waals surface area contributed by atoms with Gasteiger partial charge in [0.05, 0.1) is 6.04 Å². The third kappa shape index (κ3) is 13.6. The zero-order valence-corrected chi connectivity index (χ0v) is 46.5. The first-order chi connectivity index (χ1) is 40.2.